The predicted octanol–water partition coefficient (Wildman–Crippen LogP) is 5.21. The second-order valence-corrected chi connectivity index (χ2v) is 9.01. The molecule has 0 aromatic carbocycles. The van der Waals surface area contributed by atoms with Gasteiger partial charge in [-0.2, -0.15) is 4.98 Å². The van der Waals surface area contributed by atoms with Gasteiger partial charge in [-0.3, -0.25) is 4.90 Å². The number of ether oxygens (including phenoxy) is 1. The summed E-state index contributed by atoms with van der Waals surface area (Å²) < 4.78 is 6.22. The maximum atomic E-state index is 6.56. The summed E-state index contributed by atoms with van der Waals surface area (Å²) in [6.07, 6.45) is 13.2. The molecule has 1 unspecified atom stereocenters. The van der Waals surface area contributed by atoms with Gasteiger partial charge in [-0.15, -0.1) is 0 Å². The van der Waals surface area contributed by atoms with E-state index in [-0.39, 0.29) is 0 Å². The number of pyridine rings is 1. The Morgan fingerprint density at radius 3 is 2.41 bits per heavy atom. The summed E-state index contributed by atoms with van der Waals surface area (Å²) in [5.41, 5.74) is 1.09. The summed E-state index contributed by atoms with van der Waals surface area (Å²) in [5, 5.41) is 0.782. The van der Waals surface area contributed by atoms with Crippen LogP contribution in [0, 0.1) is 6.92 Å². The number of rotatable bonds is 4. The lowest BCUT2D eigenvalue weighted by atomic mass is 9.98. The first-order valence-corrected chi connectivity index (χ1v) is 11.4. The molecule has 4 rings (SSSR count). The first kappa shape index (κ1) is 19.3. The molecule has 4 nitrogen and oxygen atoms in total. The van der Waals surface area contributed by atoms with Crippen molar-refractivity contribution in [2.24, 2.45) is 0 Å². The highest BCUT2D eigenvalue weighted by atomic mass is 35.5. The van der Waals surface area contributed by atoms with Crippen molar-refractivity contribution in [3.8, 4) is 5.88 Å². The predicted molar refractivity (Wildman–Crippen MR) is 112 cm³/mol. The van der Waals surface area contributed by atoms with Crippen molar-refractivity contribution >= 4 is 17.4 Å². The van der Waals surface area contributed by atoms with Crippen molar-refractivity contribution in [3.05, 3.63) is 16.7 Å². The molecule has 1 aromatic rings. The van der Waals surface area contributed by atoms with E-state index < -0.39 is 0 Å². The molecule has 3 fully saturated rings. The number of hydrogen-bond acceptors (Lipinski definition) is 4. The molecule has 0 amide bonds. The molecule has 1 aliphatic carbocycles. The first-order chi connectivity index (χ1) is 13.2. The summed E-state index contributed by atoms with van der Waals surface area (Å²) >= 11 is 6.56. The van der Waals surface area contributed by atoms with Gasteiger partial charge < -0.3 is 9.64 Å². The number of hydrogen-bond donors (Lipinski definition) is 0. The third-order valence-electron chi connectivity index (χ3n) is 6.62. The molecule has 1 atom stereocenters. The average molecular weight is 392 g/mol. The Morgan fingerprint density at radius 2 is 1.67 bits per heavy atom. The van der Waals surface area contributed by atoms with Crippen molar-refractivity contribution in [2.75, 3.05) is 31.1 Å². The largest absolute Gasteiger partial charge is 0.474 e. The molecular weight excluding hydrogens is 358 g/mol. The fourth-order valence-electron chi connectivity index (χ4n) is 4.96. The molecule has 1 saturated carbocycles. The van der Waals surface area contributed by atoms with Crippen LogP contribution in [-0.4, -0.2) is 48.2 Å². The molecule has 3 heterocycles. The summed E-state index contributed by atoms with van der Waals surface area (Å²) in [7, 11) is 0. The molecule has 2 aliphatic heterocycles. The van der Waals surface area contributed by atoms with Crippen LogP contribution >= 0.6 is 11.6 Å². The van der Waals surface area contributed by atoms with E-state index in [1.807, 2.05) is 6.07 Å². The van der Waals surface area contributed by atoms with E-state index in [1.54, 1.807) is 0 Å². The second kappa shape index (κ2) is 9.00. The highest BCUT2D eigenvalue weighted by Gasteiger charge is 2.30. The molecule has 0 N–H and O–H groups in total. The van der Waals surface area contributed by atoms with Crippen LogP contribution < -0.4 is 9.64 Å². The Labute approximate surface area is 169 Å². The van der Waals surface area contributed by atoms with Gasteiger partial charge >= 0.3 is 0 Å². The monoisotopic (exact) mass is 391 g/mol. The Hall–Kier alpha value is -1.00. The average Bonchev–Trinajstić information content (AvgIpc) is 3.00. The fourth-order valence-corrected chi connectivity index (χ4v) is 5.14. The number of nitrogens with zero attached hydrogens (tertiary/aromatic N) is 3. The van der Waals surface area contributed by atoms with E-state index in [9.17, 15) is 0 Å². The van der Waals surface area contributed by atoms with Gasteiger partial charge in [0.05, 0.1) is 5.02 Å². The number of halogens is 1. The quantitative estimate of drug-likeness (QED) is 0.704. The molecule has 27 heavy (non-hydrogen) atoms. The lowest BCUT2D eigenvalue weighted by Crippen LogP contribution is -2.38. The van der Waals surface area contributed by atoms with E-state index in [1.165, 1.54) is 64.5 Å². The number of anilines is 1. The minimum absolute atomic E-state index is 0.307. The third kappa shape index (κ3) is 4.71. The zero-order valence-corrected chi connectivity index (χ0v) is 17.5. The molecule has 150 valence electrons. The molecule has 1 aromatic heterocycles. The summed E-state index contributed by atoms with van der Waals surface area (Å²) in [6.45, 7) is 6.75. The van der Waals surface area contributed by atoms with E-state index in [0.717, 1.165) is 42.3 Å². The van der Waals surface area contributed by atoms with Gasteiger partial charge in [0, 0.05) is 30.8 Å². The van der Waals surface area contributed by atoms with Gasteiger partial charge in [-0.25, -0.2) is 0 Å². The van der Waals surface area contributed by atoms with Crippen LogP contribution in [0.5, 0.6) is 5.88 Å². The molecule has 0 radical (unpaired) electrons. The molecule has 5 heteroatoms. The Bertz CT molecular complexity index is 624. The van der Waals surface area contributed by atoms with Gasteiger partial charge in [0.15, 0.2) is 0 Å². The van der Waals surface area contributed by atoms with Crippen molar-refractivity contribution in [3.63, 3.8) is 0 Å². The van der Waals surface area contributed by atoms with Crippen LogP contribution in [0.3, 0.4) is 0 Å². The minimum atomic E-state index is 0.307. The zero-order chi connectivity index (χ0) is 18.6. The van der Waals surface area contributed by atoms with Gasteiger partial charge in [0.2, 0.25) is 5.88 Å². The molecular formula is C22H34ClN3O. The lowest BCUT2D eigenvalue weighted by Gasteiger charge is -2.28. The Balaban J connectivity index is 1.45. The van der Waals surface area contributed by atoms with Crippen molar-refractivity contribution in [1.82, 2.24) is 9.88 Å². The Morgan fingerprint density at radius 1 is 0.963 bits per heavy atom. The van der Waals surface area contributed by atoms with Crippen LogP contribution in [0.4, 0.5) is 5.82 Å². The van der Waals surface area contributed by atoms with Gasteiger partial charge in [-0.05, 0) is 65.0 Å². The van der Waals surface area contributed by atoms with Gasteiger partial charge in [0.1, 0.15) is 11.9 Å². The fraction of sp³-hybridized carbons (Fsp3) is 0.773. The maximum Gasteiger partial charge on any atom is 0.216 e. The minimum Gasteiger partial charge on any atom is -0.474 e. The van der Waals surface area contributed by atoms with Crippen molar-refractivity contribution in [1.29, 1.82) is 0 Å². The van der Waals surface area contributed by atoms with Crippen LogP contribution in [0.1, 0.15) is 69.8 Å². The third-order valence-corrected chi connectivity index (χ3v) is 7.01. The number of aromatic nitrogens is 1. The smallest absolute Gasteiger partial charge is 0.216 e. The number of likely N-dealkylation sites (tertiary alicyclic amines) is 1. The highest BCUT2D eigenvalue weighted by Crippen LogP contribution is 2.33. The molecule has 0 spiro atoms. The topological polar surface area (TPSA) is 28.6 Å². The Kier molecular flexibility index (Phi) is 6.44. The maximum absolute atomic E-state index is 6.56. The van der Waals surface area contributed by atoms with Crippen LogP contribution in [0.2, 0.25) is 5.02 Å². The lowest BCUT2D eigenvalue weighted by molar-refractivity contribution is 0.149. The molecule has 2 saturated heterocycles. The van der Waals surface area contributed by atoms with Crippen LogP contribution in [-0.2, 0) is 0 Å². The summed E-state index contributed by atoms with van der Waals surface area (Å²) in [6, 6.07) is 2.57. The van der Waals surface area contributed by atoms with Crippen LogP contribution in [0.15, 0.2) is 6.07 Å². The van der Waals surface area contributed by atoms with Crippen molar-refractivity contribution in [2.45, 2.75) is 83.3 Å². The standard InChI is InChI=1S/C22H34ClN3O/c1-17-20(23)15-21(27-19-9-5-4-6-10-19)24-22(17)26-14-11-18(16-26)25-12-7-2-3-8-13-25/h15,18-19H,2-14,16H2,1H3. The molecule has 0 bridgehead atoms. The van der Waals surface area contributed by atoms with E-state index >= 15 is 0 Å². The van der Waals surface area contributed by atoms with E-state index in [2.05, 4.69) is 16.7 Å². The SMILES string of the molecule is Cc1c(Cl)cc(OC2CCCCC2)nc1N1CCC(N2CCCCCC2)C1. The van der Waals surface area contributed by atoms with E-state index in [0.29, 0.717) is 18.0 Å². The summed E-state index contributed by atoms with van der Waals surface area (Å²) in [5.74, 6) is 1.75. The second-order valence-electron chi connectivity index (χ2n) is 8.61. The van der Waals surface area contributed by atoms with Crippen molar-refractivity contribution < 1.29 is 4.74 Å². The molecule has 3 aliphatic rings. The van der Waals surface area contributed by atoms with E-state index in [4.69, 9.17) is 21.3 Å². The highest BCUT2D eigenvalue weighted by molar-refractivity contribution is 6.31. The zero-order valence-electron chi connectivity index (χ0n) is 16.8. The summed E-state index contributed by atoms with van der Waals surface area (Å²) in [4.78, 5) is 10.1. The van der Waals surface area contributed by atoms with Crippen LogP contribution in [0.25, 0.3) is 0 Å². The van der Waals surface area contributed by atoms with Gasteiger partial charge in [0.25, 0.3) is 0 Å². The first-order valence-electron chi connectivity index (χ1n) is 11.0. The van der Waals surface area contributed by atoms with Gasteiger partial charge in [-0.1, -0.05) is 30.9 Å². The normalized spacial score (nSPS) is 25.6.